The zero-order chi connectivity index (χ0) is 16.4. The molecule has 23 heavy (non-hydrogen) atoms. The predicted molar refractivity (Wildman–Crippen MR) is 87.4 cm³/mol. The minimum atomic E-state index is -0.444. The molecule has 1 aromatic carbocycles. The molecular weight excluding hydrogens is 296 g/mol. The summed E-state index contributed by atoms with van der Waals surface area (Å²) in [7, 11) is 0. The molecule has 0 radical (unpaired) electrons. The summed E-state index contributed by atoms with van der Waals surface area (Å²) in [5.74, 6) is 0.551. The monoisotopic (exact) mass is 314 g/mol. The van der Waals surface area contributed by atoms with Crippen molar-refractivity contribution >= 4 is 28.2 Å². The van der Waals surface area contributed by atoms with Crippen molar-refractivity contribution in [1.29, 1.82) is 0 Å². The normalized spacial score (nSPS) is 13.8. The number of rotatable bonds is 6. The Balaban J connectivity index is 1.80. The summed E-state index contributed by atoms with van der Waals surface area (Å²) in [4.78, 5) is 26.8. The average Bonchev–Trinajstić information content (AvgIpc) is 3.34. The minimum absolute atomic E-state index is 0.0348. The van der Waals surface area contributed by atoms with E-state index in [9.17, 15) is 14.9 Å². The minimum Gasteiger partial charge on any atom is -0.376 e. The number of hydrogen-bond donors (Lipinski definition) is 2. The number of para-hydroxylation sites is 1. The lowest BCUT2D eigenvalue weighted by molar-refractivity contribution is -0.383. The molecule has 0 aliphatic heterocycles. The largest absolute Gasteiger partial charge is 0.376 e. The summed E-state index contributed by atoms with van der Waals surface area (Å²) >= 11 is 0. The lowest BCUT2D eigenvalue weighted by Gasteiger charge is -2.11. The summed E-state index contributed by atoms with van der Waals surface area (Å²) in [5, 5.41) is 17.7. The molecule has 1 aliphatic rings. The number of non-ortho nitro benzene ring substituents is 1. The molecule has 1 amide bonds. The number of carbonyl (C=O) groups excluding carboxylic acids is 1. The first kappa shape index (κ1) is 15.2. The number of anilines is 1. The van der Waals surface area contributed by atoms with E-state index in [0.29, 0.717) is 28.2 Å². The van der Waals surface area contributed by atoms with Crippen LogP contribution in [0.15, 0.2) is 24.3 Å². The molecule has 0 spiro atoms. The van der Waals surface area contributed by atoms with E-state index in [2.05, 4.69) is 15.6 Å². The van der Waals surface area contributed by atoms with Crippen LogP contribution in [-0.2, 0) is 4.79 Å². The summed E-state index contributed by atoms with van der Waals surface area (Å²) in [6, 6.07) is 6.61. The Bertz CT molecular complexity index is 771. The van der Waals surface area contributed by atoms with Crippen molar-refractivity contribution in [3.63, 3.8) is 0 Å². The van der Waals surface area contributed by atoms with E-state index in [1.807, 2.05) is 0 Å². The molecule has 3 rings (SSSR count). The fourth-order valence-electron chi connectivity index (χ4n) is 2.47. The predicted octanol–water partition coefficient (Wildman–Crippen LogP) is 2.39. The Kier molecular flexibility index (Phi) is 4.10. The third-order valence-corrected chi connectivity index (χ3v) is 3.87. The van der Waals surface area contributed by atoms with Gasteiger partial charge in [0.2, 0.25) is 5.91 Å². The van der Waals surface area contributed by atoms with Gasteiger partial charge in [0.25, 0.3) is 5.69 Å². The zero-order valence-corrected chi connectivity index (χ0v) is 12.8. The quantitative estimate of drug-likeness (QED) is 0.630. The molecule has 2 aromatic rings. The molecule has 0 saturated heterocycles. The molecule has 1 fully saturated rings. The van der Waals surface area contributed by atoms with Gasteiger partial charge in [0, 0.05) is 29.4 Å². The lowest BCUT2D eigenvalue weighted by atomic mass is 10.1. The van der Waals surface area contributed by atoms with Gasteiger partial charge in [-0.15, -0.1) is 0 Å². The van der Waals surface area contributed by atoms with E-state index in [4.69, 9.17) is 0 Å². The number of hydrogen-bond acceptors (Lipinski definition) is 5. The van der Waals surface area contributed by atoms with Crippen LogP contribution >= 0.6 is 0 Å². The Hall–Kier alpha value is -2.70. The molecule has 0 unspecified atom stereocenters. The first-order valence-corrected chi connectivity index (χ1v) is 7.60. The fourth-order valence-corrected chi connectivity index (χ4v) is 2.47. The number of nitrogens with zero attached hydrogens (tertiary/aromatic N) is 2. The number of carbonyl (C=O) groups is 1. The standard InChI is InChI=1S/C16H18N4O3/c1-10-7-13(17-9-15(21)18-8-11-5-6-11)12-3-2-4-14(20(22)23)16(12)19-10/h2-4,7,11H,5-6,8-9H2,1H3,(H,17,19)(H,18,21). The second kappa shape index (κ2) is 6.20. The number of benzene rings is 1. The van der Waals surface area contributed by atoms with Crippen LogP contribution in [0.5, 0.6) is 0 Å². The number of nitrogens with one attached hydrogen (secondary N) is 2. The Morgan fingerprint density at radius 2 is 2.22 bits per heavy atom. The highest BCUT2D eigenvalue weighted by Crippen LogP contribution is 2.30. The van der Waals surface area contributed by atoms with Crippen LogP contribution in [0.3, 0.4) is 0 Å². The number of amides is 1. The average molecular weight is 314 g/mol. The van der Waals surface area contributed by atoms with Crippen LogP contribution in [0, 0.1) is 23.0 Å². The van der Waals surface area contributed by atoms with Crippen LogP contribution in [0.4, 0.5) is 11.4 Å². The molecule has 7 heteroatoms. The highest BCUT2D eigenvalue weighted by molar-refractivity contribution is 5.97. The summed E-state index contributed by atoms with van der Waals surface area (Å²) in [6.45, 7) is 2.63. The van der Waals surface area contributed by atoms with Crippen molar-refractivity contribution in [3.8, 4) is 0 Å². The van der Waals surface area contributed by atoms with Crippen LogP contribution in [-0.4, -0.2) is 28.9 Å². The van der Waals surface area contributed by atoms with Crippen molar-refractivity contribution in [1.82, 2.24) is 10.3 Å². The molecule has 0 atom stereocenters. The first-order valence-electron chi connectivity index (χ1n) is 7.60. The van der Waals surface area contributed by atoms with Crippen molar-refractivity contribution < 1.29 is 9.72 Å². The highest BCUT2D eigenvalue weighted by Gasteiger charge is 2.21. The van der Waals surface area contributed by atoms with E-state index < -0.39 is 4.92 Å². The van der Waals surface area contributed by atoms with Crippen LogP contribution < -0.4 is 10.6 Å². The molecule has 0 bridgehead atoms. The summed E-state index contributed by atoms with van der Waals surface area (Å²) in [5.41, 5.74) is 1.64. The maximum absolute atomic E-state index is 11.8. The molecular formula is C16H18N4O3. The smallest absolute Gasteiger partial charge is 0.295 e. The number of nitro benzene ring substituents is 1. The van der Waals surface area contributed by atoms with E-state index in [1.54, 1.807) is 25.1 Å². The first-order chi connectivity index (χ1) is 11.0. The van der Waals surface area contributed by atoms with Crippen LogP contribution in [0.25, 0.3) is 10.9 Å². The third-order valence-electron chi connectivity index (χ3n) is 3.87. The fraction of sp³-hybridized carbons (Fsp3) is 0.375. The topological polar surface area (TPSA) is 97.2 Å². The maximum atomic E-state index is 11.8. The van der Waals surface area contributed by atoms with Gasteiger partial charge in [0.15, 0.2) is 5.52 Å². The van der Waals surface area contributed by atoms with Gasteiger partial charge < -0.3 is 10.6 Å². The van der Waals surface area contributed by atoms with Gasteiger partial charge in [-0.25, -0.2) is 4.98 Å². The van der Waals surface area contributed by atoms with Gasteiger partial charge in [-0.1, -0.05) is 12.1 Å². The Morgan fingerprint density at radius 1 is 1.43 bits per heavy atom. The van der Waals surface area contributed by atoms with E-state index >= 15 is 0 Å². The number of aromatic nitrogens is 1. The van der Waals surface area contributed by atoms with Crippen molar-refractivity contribution in [3.05, 3.63) is 40.1 Å². The molecule has 1 heterocycles. The zero-order valence-electron chi connectivity index (χ0n) is 12.8. The molecule has 120 valence electrons. The summed E-state index contributed by atoms with van der Waals surface area (Å²) < 4.78 is 0. The van der Waals surface area contributed by atoms with Gasteiger partial charge in [0.1, 0.15) is 0 Å². The van der Waals surface area contributed by atoms with E-state index in [1.165, 1.54) is 18.9 Å². The van der Waals surface area contributed by atoms with Crippen LogP contribution in [0.2, 0.25) is 0 Å². The van der Waals surface area contributed by atoms with E-state index in [-0.39, 0.29) is 18.1 Å². The third kappa shape index (κ3) is 3.56. The number of pyridine rings is 1. The van der Waals surface area contributed by atoms with Crippen molar-refractivity contribution in [2.75, 3.05) is 18.4 Å². The Morgan fingerprint density at radius 3 is 2.91 bits per heavy atom. The molecule has 2 N–H and O–H groups in total. The maximum Gasteiger partial charge on any atom is 0.295 e. The SMILES string of the molecule is Cc1cc(NCC(=O)NCC2CC2)c2cccc([N+](=O)[O-])c2n1. The molecule has 7 nitrogen and oxygen atoms in total. The number of fused-ring (bicyclic) bond motifs is 1. The number of aryl methyl sites for hydroxylation is 1. The van der Waals surface area contributed by atoms with Gasteiger partial charge >= 0.3 is 0 Å². The lowest BCUT2D eigenvalue weighted by Crippen LogP contribution is -2.31. The van der Waals surface area contributed by atoms with E-state index in [0.717, 1.165) is 6.54 Å². The Labute approximate surface area is 133 Å². The van der Waals surface area contributed by atoms with Crippen molar-refractivity contribution in [2.24, 2.45) is 5.92 Å². The molecule has 1 aromatic heterocycles. The molecule has 1 aliphatic carbocycles. The van der Waals surface area contributed by atoms with Gasteiger partial charge in [-0.2, -0.15) is 0 Å². The summed E-state index contributed by atoms with van der Waals surface area (Å²) in [6.07, 6.45) is 2.37. The molecule has 1 saturated carbocycles. The van der Waals surface area contributed by atoms with Gasteiger partial charge in [-0.05, 0) is 31.7 Å². The van der Waals surface area contributed by atoms with Gasteiger partial charge in [-0.3, -0.25) is 14.9 Å². The van der Waals surface area contributed by atoms with Crippen molar-refractivity contribution in [2.45, 2.75) is 19.8 Å². The van der Waals surface area contributed by atoms with Gasteiger partial charge in [0.05, 0.1) is 11.5 Å². The highest BCUT2D eigenvalue weighted by atomic mass is 16.6. The van der Waals surface area contributed by atoms with Crippen LogP contribution in [0.1, 0.15) is 18.5 Å². The second-order valence-corrected chi connectivity index (χ2v) is 5.84. The number of nitro groups is 1. The second-order valence-electron chi connectivity index (χ2n) is 5.84.